The lowest BCUT2D eigenvalue weighted by molar-refractivity contribution is 0.0240. The Hall–Kier alpha value is -2.88. The van der Waals surface area contributed by atoms with Crippen LogP contribution in [0.25, 0.3) is 10.9 Å². The van der Waals surface area contributed by atoms with Crippen LogP contribution in [0.1, 0.15) is 20.8 Å². The fraction of sp³-hybridized carbons (Fsp3) is 0.619. The van der Waals surface area contributed by atoms with Crippen LogP contribution < -0.4 is 14.5 Å². The first-order chi connectivity index (χ1) is 14.9. The molecule has 0 N–H and O–H groups in total. The average Bonchev–Trinajstić information content (AvgIpc) is 2.77. The number of amides is 1. The molecule has 0 atom stereocenters. The van der Waals surface area contributed by atoms with E-state index in [1.807, 2.05) is 20.8 Å². The molecule has 4 heterocycles. The summed E-state index contributed by atoms with van der Waals surface area (Å²) in [4.78, 5) is 32.5. The fourth-order valence-electron chi connectivity index (χ4n) is 3.74. The molecule has 2 aliphatic heterocycles. The first-order valence-electron chi connectivity index (χ1n) is 10.6. The van der Waals surface area contributed by atoms with Crippen LogP contribution in [0.15, 0.2) is 12.4 Å². The van der Waals surface area contributed by atoms with Gasteiger partial charge in [0.2, 0.25) is 5.95 Å². The lowest BCUT2D eigenvalue weighted by Crippen LogP contribution is -2.50. The van der Waals surface area contributed by atoms with Gasteiger partial charge in [-0.3, -0.25) is 4.98 Å². The second kappa shape index (κ2) is 8.70. The number of fused-ring (bicyclic) bond motifs is 1. The number of hydrogen-bond acceptors (Lipinski definition) is 9. The van der Waals surface area contributed by atoms with Crippen molar-refractivity contribution in [2.45, 2.75) is 26.4 Å². The van der Waals surface area contributed by atoms with Crippen molar-refractivity contribution in [1.82, 2.24) is 19.9 Å². The maximum atomic E-state index is 12.4. The Morgan fingerprint density at radius 2 is 1.71 bits per heavy atom. The van der Waals surface area contributed by atoms with E-state index in [1.165, 1.54) is 0 Å². The van der Waals surface area contributed by atoms with Crippen LogP contribution >= 0.6 is 0 Å². The summed E-state index contributed by atoms with van der Waals surface area (Å²) in [6.07, 6.45) is 3.14. The molecule has 1 amide bonds. The SMILES string of the molecule is COc1cncc2nc(N3CCOCC3)nc(N3CCN(C(=O)OC(C)(C)C)CC3)c12. The summed E-state index contributed by atoms with van der Waals surface area (Å²) >= 11 is 0. The third-order valence-corrected chi connectivity index (χ3v) is 5.29. The molecule has 10 nitrogen and oxygen atoms in total. The maximum Gasteiger partial charge on any atom is 0.410 e. The zero-order chi connectivity index (χ0) is 22.0. The van der Waals surface area contributed by atoms with Crippen LogP contribution in [0, 0.1) is 0 Å². The van der Waals surface area contributed by atoms with Crippen molar-refractivity contribution in [3.05, 3.63) is 12.4 Å². The number of hydrogen-bond donors (Lipinski definition) is 0. The normalized spacial score (nSPS) is 17.7. The highest BCUT2D eigenvalue weighted by atomic mass is 16.6. The summed E-state index contributed by atoms with van der Waals surface area (Å²) in [5.41, 5.74) is 0.227. The molecule has 0 bridgehead atoms. The van der Waals surface area contributed by atoms with Crippen molar-refractivity contribution in [3.63, 3.8) is 0 Å². The summed E-state index contributed by atoms with van der Waals surface area (Å²) in [6, 6.07) is 0. The van der Waals surface area contributed by atoms with Gasteiger partial charge >= 0.3 is 6.09 Å². The lowest BCUT2D eigenvalue weighted by atomic mass is 10.2. The number of nitrogens with zero attached hydrogens (tertiary/aromatic N) is 6. The standard InChI is InChI=1S/C21H30N6O4/c1-21(2,3)31-20(28)27-7-5-25(6-8-27)18-17-15(13-22-14-16(17)29-4)23-19(24-18)26-9-11-30-12-10-26/h13-14H,5-12H2,1-4H3. The second-order valence-corrected chi connectivity index (χ2v) is 8.64. The van der Waals surface area contributed by atoms with Crippen molar-refractivity contribution in [1.29, 1.82) is 0 Å². The summed E-state index contributed by atoms with van der Waals surface area (Å²) in [7, 11) is 1.62. The molecule has 2 fully saturated rings. The minimum absolute atomic E-state index is 0.282. The summed E-state index contributed by atoms with van der Waals surface area (Å²) in [6.45, 7) is 10.8. The Bertz CT molecular complexity index is 933. The van der Waals surface area contributed by atoms with Gasteiger partial charge in [-0.05, 0) is 20.8 Å². The third-order valence-electron chi connectivity index (χ3n) is 5.29. The van der Waals surface area contributed by atoms with Crippen molar-refractivity contribution >= 4 is 28.8 Å². The van der Waals surface area contributed by atoms with E-state index in [0.29, 0.717) is 51.1 Å². The van der Waals surface area contributed by atoms with Gasteiger partial charge < -0.3 is 28.9 Å². The van der Waals surface area contributed by atoms with Crippen LogP contribution in [0.5, 0.6) is 5.75 Å². The van der Waals surface area contributed by atoms with Crippen LogP contribution in [0.2, 0.25) is 0 Å². The molecular formula is C21H30N6O4. The number of rotatable bonds is 3. The smallest absolute Gasteiger partial charge is 0.410 e. The number of pyridine rings is 1. The van der Waals surface area contributed by atoms with Crippen LogP contribution in [0.4, 0.5) is 16.6 Å². The minimum Gasteiger partial charge on any atom is -0.494 e. The van der Waals surface area contributed by atoms with Gasteiger partial charge in [0.05, 0.1) is 38.1 Å². The first kappa shape index (κ1) is 21.4. The fourth-order valence-corrected chi connectivity index (χ4v) is 3.74. The molecule has 0 aromatic carbocycles. The minimum atomic E-state index is -0.509. The van der Waals surface area contributed by atoms with Gasteiger partial charge in [-0.2, -0.15) is 4.98 Å². The van der Waals surface area contributed by atoms with E-state index in [4.69, 9.17) is 24.2 Å². The van der Waals surface area contributed by atoms with Crippen molar-refractivity contribution in [2.75, 3.05) is 69.4 Å². The largest absolute Gasteiger partial charge is 0.494 e. The number of piperazine rings is 1. The van der Waals surface area contributed by atoms with Crippen LogP contribution in [-0.2, 0) is 9.47 Å². The van der Waals surface area contributed by atoms with E-state index in [-0.39, 0.29) is 6.09 Å². The second-order valence-electron chi connectivity index (χ2n) is 8.64. The van der Waals surface area contributed by atoms with Crippen molar-refractivity contribution in [3.8, 4) is 5.75 Å². The van der Waals surface area contributed by atoms with E-state index in [9.17, 15) is 4.79 Å². The van der Waals surface area contributed by atoms with E-state index >= 15 is 0 Å². The number of methoxy groups -OCH3 is 1. The number of carbonyl (C=O) groups is 1. The van der Waals surface area contributed by atoms with Gasteiger partial charge in [-0.25, -0.2) is 9.78 Å². The maximum absolute atomic E-state index is 12.4. The molecule has 10 heteroatoms. The molecule has 0 radical (unpaired) electrons. The molecule has 0 unspecified atom stereocenters. The predicted molar refractivity (Wildman–Crippen MR) is 117 cm³/mol. The molecule has 2 aromatic heterocycles. The monoisotopic (exact) mass is 430 g/mol. The quantitative estimate of drug-likeness (QED) is 0.724. The van der Waals surface area contributed by atoms with Gasteiger partial charge in [-0.1, -0.05) is 0 Å². The Balaban J connectivity index is 1.62. The number of carbonyl (C=O) groups excluding carboxylic acids is 1. The number of aromatic nitrogens is 3. The Morgan fingerprint density at radius 1 is 1.00 bits per heavy atom. The summed E-state index contributed by atoms with van der Waals surface area (Å²) < 4.78 is 16.6. The van der Waals surface area contributed by atoms with Gasteiger partial charge in [0, 0.05) is 39.3 Å². The third kappa shape index (κ3) is 4.73. The van der Waals surface area contributed by atoms with E-state index < -0.39 is 5.60 Å². The van der Waals surface area contributed by atoms with E-state index in [0.717, 1.165) is 29.8 Å². The topological polar surface area (TPSA) is 93.2 Å². The van der Waals surface area contributed by atoms with Gasteiger partial charge in [0.25, 0.3) is 0 Å². The van der Waals surface area contributed by atoms with Gasteiger partial charge in [-0.15, -0.1) is 0 Å². The molecular weight excluding hydrogens is 400 g/mol. The number of ether oxygens (including phenoxy) is 3. The Kier molecular flexibility index (Phi) is 5.99. The predicted octanol–water partition coefficient (Wildman–Crippen LogP) is 1.93. The van der Waals surface area contributed by atoms with Crippen molar-refractivity contribution in [2.24, 2.45) is 0 Å². The first-order valence-corrected chi connectivity index (χ1v) is 10.6. The Labute approximate surface area is 182 Å². The van der Waals surface area contributed by atoms with E-state index in [1.54, 1.807) is 24.4 Å². The molecule has 2 aromatic rings. The average molecular weight is 431 g/mol. The molecule has 0 aliphatic carbocycles. The molecule has 0 spiro atoms. The molecule has 2 aliphatic rings. The van der Waals surface area contributed by atoms with Crippen LogP contribution in [0.3, 0.4) is 0 Å². The molecule has 168 valence electrons. The highest BCUT2D eigenvalue weighted by molar-refractivity contribution is 5.95. The molecule has 2 saturated heterocycles. The summed E-state index contributed by atoms with van der Waals surface area (Å²) in [5.74, 6) is 2.10. The lowest BCUT2D eigenvalue weighted by Gasteiger charge is -2.37. The number of morpholine rings is 1. The number of anilines is 2. The Morgan fingerprint density at radius 3 is 2.35 bits per heavy atom. The zero-order valence-corrected chi connectivity index (χ0v) is 18.6. The van der Waals surface area contributed by atoms with E-state index in [2.05, 4.69) is 14.8 Å². The van der Waals surface area contributed by atoms with Gasteiger partial charge in [0.1, 0.15) is 22.7 Å². The summed E-state index contributed by atoms with van der Waals surface area (Å²) in [5, 5.41) is 0.834. The van der Waals surface area contributed by atoms with Gasteiger partial charge in [0.15, 0.2) is 0 Å². The molecule has 0 saturated carbocycles. The zero-order valence-electron chi connectivity index (χ0n) is 18.6. The van der Waals surface area contributed by atoms with Crippen LogP contribution in [-0.4, -0.2) is 91.1 Å². The molecule has 4 rings (SSSR count). The highest BCUT2D eigenvalue weighted by Crippen LogP contribution is 2.34. The van der Waals surface area contributed by atoms with Crippen molar-refractivity contribution < 1.29 is 19.0 Å². The highest BCUT2D eigenvalue weighted by Gasteiger charge is 2.28. The molecule has 31 heavy (non-hydrogen) atoms.